The van der Waals surface area contributed by atoms with Crippen LogP contribution in [0.2, 0.25) is 0 Å². The van der Waals surface area contributed by atoms with E-state index in [0.717, 1.165) is 15.3 Å². The molecule has 0 saturated carbocycles. The molecule has 2 nitrogen and oxygen atoms in total. The van der Waals surface area contributed by atoms with E-state index in [9.17, 15) is 4.39 Å². The van der Waals surface area contributed by atoms with E-state index >= 15 is 0 Å². The average Bonchev–Trinajstić information content (AvgIpc) is 2.59. The number of nitrogens with one attached hydrogen (secondary N) is 1. The van der Waals surface area contributed by atoms with Gasteiger partial charge in [0.15, 0.2) is 5.13 Å². The van der Waals surface area contributed by atoms with E-state index in [4.69, 9.17) is 0 Å². The molecule has 74 valence electrons. The van der Waals surface area contributed by atoms with Crippen molar-refractivity contribution in [3.63, 3.8) is 0 Å². The zero-order valence-corrected chi connectivity index (χ0v) is 8.64. The van der Waals surface area contributed by atoms with E-state index in [2.05, 4.69) is 10.3 Å². The van der Waals surface area contributed by atoms with Gasteiger partial charge in [0.05, 0.1) is 16.3 Å². The zero-order chi connectivity index (χ0) is 9.97. The number of thiazole rings is 1. The summed E-state index contributed by atoms with van der Waals surface area (Å²) < 4.78 is 13.4. The van der Waals surface area contributed by atoms with Crippen LogP contribution in [0.4, 0.5) is 9.52 Å². The molecule has 0 aliphatic carbocycles. The van der Waals surface area contributed by atoms with Gasteiger partial charge in [-0.3, -0.25) is 0 Å². The largest absolute Gasteiger partial charge is 0.356 e. The molecule has 0 aliphatic heterocycles. The minimum atomic E-state index is -0.379. The van der Waals surface area contributed by atoms with E-state index in [1.165, 1.54) is 0 Å². The summed E-state index contributed by atoms with van der Waals surface area (Å²) in [5.74, 6) is 0. The third-order valence-electron chi connectivity index (χ3n) is 1.90. The molecule has 0 spiro atoms. The van der Waals surface area contributed by atoms with Crippen LogP contribution in [-0.2, 0) is 0 Å². The highest BCUT2D eigenvalue weighted by Gasteiger charge is 2.05. The van der Waals surface area contributed by atoms with Crippen molar-refractivity contribution in [2.24, 2.45) is 0 Å². The Morgan fingerprint density at radius 1 is 1.50 bits per heavy atom. The van der Waals surface area contributed by atoms with Crippen LogP contribution in [0.15, 0.2) is 24.3 Å². The summed E-state index contributed by atoms with van der Waals surface area (Å²) in [6, 6.07) is 7.72. The lowest BCUT2D eigenvalue weighted by Crippen LogP contribution is -2.16. The minimum absolute atomic E-state index is 0.171. The summed E-state index contributed by atoms with van der Waals surface area (Å²) in [5, 5.41) is 3.80. The number of para-hydroxylation sites is 1. The summed E-state index contributed by atoms with van der Waals surface area (Å²) in [4.78, 5) is 4.34. The molecule has 0 saturated heterocycles. The fraction of sp³-hybridized carbons (Fsp3) is 0.300. The number of aromatic nitrogens is 1. The molecule has 1 N–H and O–H groups in total. The Hall–Kier alpha value is -1.16. The molecule has 2 rings (SSSR count). The van der Waals surface area contributed by atoms with Crippen LogP contribution in [0.3, 0.4) is 0 Å². The van der Waals surface area contributed by atoms with Crippen molar-refractivity contribution in [1.82, 2.24) is 4.98 Å². The number of anilines is 1. The molecule has 14 heavy (non-hydrogen) atoms. The van der Waals surface area contributed by atoms with Crippen LogP contribution in [0.1, 0.15) is 6.92 Å². The number of fused-ring (bicyclic) bond motifs is 1. The van der Waals surface area contributed by atoms with Crippen LogP contribution in [0.25, 0.3) is 10.2 Å². The van der Waals surface area contributed by atoms with Crippen LogP contribution in [0.5, 0.6) is 0 Å². The van der Waals surface area contributed by atoms with Gasteiger partial charge in [0.2, 0.25) is 0 Å². The van der Waals surface area contributed by atoms with Gasteiger partial charge in [-0.1, -0.05) is 23.5 Å². The number of halogens is 1. The second-order valence-corrected chi connectivity index (χ2v) is 4.22. The molecule has 1 aromatic heterocycles. The topological polar surface area (TPSA) is 24.9 Å². The molecule has 4 heteroatoms. The SMILES string of the molecule is CC(CF)Nc1nc2ccccc2s1. The normalized spacial score (nSPS) is 13.0. The van der Waals surface area contributed by atoms with Crippen molar-refractivity contribution in [2.45, 2.75) is 13.0 Å². The fourth-order valence-electron chi connectivity index (χ4n) is 1.18. The molecule has 1 heterocycles. The van der Waals surface area contributed by atoms with Gasteiger partial charge in [-0.25, -0.2) is 9.37 Å². The lowest BCUT2D eigenvalue weighted by atomic mass is 10.3. The first-order valence-electron chi connectivity index (χ1n) is 4.47. The third kappa shape index (κ3) is 1.85. The lowest BCUT2D eigenvalue weighted by molar-refractivity contribution is 0.460. The lowest BCUT2D eigenvalue weighted by Gasteiger charge is -2.06. The Morgan fingerprint density at radius 2 is 2.29 bits per heavy atom. The van der Waals surface area contributed by atoms with Crippen LogP contribution >= 0.6 is 11.3 Å². The first-order chi connectivity index (χ1) is 6.79. The maximum atomic E-state index is 12.2. The molecule has 1 atom stereocenters. The standard InChI is InChI=1S/C10H11FN2S/c1-7(6-11)12-10-13-8-4-2-3-5-9(8)14-10/h2-5,7H,6H2,1H3,(H,12,13). The highest BCUT2D eigenvalue weighted by atomic mass is 32.1. The Labute approximate surface area is 85.8 Å². The van der Waals surface area contributed by atoms with E-state index in [0.29, 0.717) is 0 Å². The number of alkyl halides is 1. The molecule has 2 aromatic rings. The van der Waals surface area contributed by atoms with Gasteiger partial charge in [0, 0.05) is 0 Å². The second-order valence-electron chi connectivity index (χ2n) is 3.19. The summed E-state index contributed by atoms with van der Waals surface area (Å²) in [6.07, 6.45) is 0. The summed E-state index contributed by atoms with van der Waals surface area (Å²) >= 11 is 1.55. The molecule has 1 unspecified atom stereocenters. The smallest absolute Gasteiger partial charge is 0.184 e. The van der Waals surface area contributed by atoms with Gasteiger partial charge in [0.1, 0.15) is 6.67 Å². The molecule has 0 bridgehead atoms. The molecule has 0 amide bonds. The summed E-state index contributed by atoms with van der Waals surface area (Å²) in [5.41, 5.74) is 0.964. The number of hydrogen-bond donors (Lipinski definition) is 1. The molecule has 0 fully saturated rings. The van der Waals surface area contributed by atoms with E-state index < -0.39 is 0 Å². The second kappa shape index (κ2) is 3.92. The molecule has 0 aliphatic rings. The van der Waals surface area contributed by atoms with Gasteiger partial charge in [-0.2, -0.15) is 0 Å². The number of rotatable bonds is 3. The maximum absolute atomic E-state index is 12.2. The highest BCUT2D eigenvalue weighted by Crippen LogP contribution is 2.25. The first kappa shape index (κ1) is 9.40. The summed E-state index contributed by atoms with van der Waals surface area (Å²) in [6.45, 7) is 1.42. The molecule has 1 aromatic carbocycles. The van der Waals surface area contributed by atoms with Crippen LogP contribution in [0, 0.1) is 0 Å². The molecule has 0 radical (unpaired) electrons. The number of nitrogens with zero attached hydrogens (tertiary/aromatic N) is 1. The minimum Gasteiger partial charge on any atom is -0.356 e. The van der Waals surface area contributed by atoms with Gasteiger partial charge in [0.25, 0.3) is 0 Å². The average molecular weight is 210 g/mol. The van der Waals surface area contributed by atoms with E-state index in [1.54, 1.807) is 18.3 Å². The van der Waals surface area contributed by atoms with Crippen molar-refractivity contribution >= 4 is 26.7 Å². The number of benzene rings is 1. The van der Waals surface area contributed by atoms with E-state index in [1.807, 2.05) is 24.3 Å². The van der Waals surface area contributed by atoms with Gasteiger partial charge in [-0.05, 0) is 19.1 Å². The van der Waals surface area contributed by atoms with Gasteiger partial charge >= 0.3 is 0 Å². The zero-order valence-electron chi connectivity index (χ0n) is 7.83. The summed E-state index contributed by atoms with van der Waals surface area (Å²) in [7, 11) is 0. The fourth-order valence-corrected chi connectivity index (χ4v) is 2.16. The molecular formula is C10H11FN2S. The van der Waals surface area contributed by atoms with Crippen molar-refractivity contribution in [3.8, 4) is 0 Å². The van der Waals surface area contributed by atoms with Crippen molar-refractivity contribution in [1.29, 1.82) is 0 Å². The Bertz CT molecular complexity index is 394. The monoisotopic (exact) mass is 210 g/mol. The Kier molecular flexibility index (Phi) is 2.63. The number of hydrogen-bond acceptors (Lipinski definition) is 3. The highest BCUT2D eigenvalue weighted by molar-refractivity contribution is 7.22. The Morgan fingerprint density at radius 3 is 3.00 bits per heavy atom. The third-order valence-corrected chi connectivity index (χ3v) is 2.86. The predicted molar refractivity (Wildman–Crippen MR) is 58.7 cm³/mol. The first-order valence-corrected chi connectivity index (χ1v) is 5.29. The quantitative estimate of drug-likeness (QED) is 0.842. The molecular weight excluding hydrogens is 199 g/mol. The van der Waals surface area contributed by atoms with E-state index in [-0.39, 0.29) is 12.7 Å². The Balaban J connectivity index is 2.27. The van der Waals surface area contributed by atoms with Crippen LogP contribution < -0.4 is 5.32 Å². The van der Waals surface area contributed by atoms with Crippen LogP contribution in [-0.4, -0.2) is 17.7 Å². The van der Waals surface area contributed by atoms with Gasteiger partial charge in [-0.15, -0.1) is 0 Å². The predicted octanol–water partition coefficient (Wildman–Crippen LogP) is 3.07. The van der Waals surface area contributed by atoms with Crippen molar-refractivity contribution < 1.29 is 4.39 Å². The maximum Gasteiger partial charge on any atom is 0.184 e. The van der Waals surface area contributed by atoms with Crippen molar-refractivity contribution in [2.75, 3.05) is 12.0 Å². The van der Waals surface area contributed by atoms with Crippen molar-refractivity contribution in [3.05, 3.63) is 24.3 Å². The van der Waals surface area contributed by atoms with Gasteiger partial charge < -0.3 is 5.32 Å².